The summed E-state index contributed by atoms with van der Waals surface area (Å²) in [5.74, 6) is -0.911. The number of ether oxygens (including phenoxy) is 1. The van der Waals surface area contributed by atoms with Crippen LogP contribution in [0.25, 0.3) is 22.2 Å². The monoisotopic (exact) mass is 274 g/mol. The van der Waals surface area contributed by atoms with Crippen molar-refractivity contribution in [1.82, 2.24) is 20.4 Å². The number of nitrogens with zero attached hydrogens (tertiary/aromatic N) is 2. The summed E-state index contributed by atoms with van der Waals surface area (Å²) < 4.78 is 18.6. The van der Waals surface area contributed by atoms with Gasteiger partial charge >= 0.3 is 5.97 Å². The fourth-order valence-electron chi connectivity index (χ4n) is 2.08. The van der Waals surface area contributed by atoms with Crippen LogP contribution in [-0.4, -0.2) is 33.0 Å². The van der Waals surface area contributed by atoms with Crippen LogP contribution in [0.1, 0.15) is 17.4 Å². The molecule has 0 saturated carbocycles. The molecule has 3 aromatic rings. The van der Waals surface area contributed by atoms with Crippen molar-refractivity contribution < 1.29 is 13.9 Å². The van der Waals surface area contributed by atoms with Gasteiger partial charge < -0.3 is 9.72 Å². The third kappa shape index (κ3) is 1.83. The highest BCUT2D eigenvalue weighted by molar-refractivity contribution is 6.00. The minimum atomic E-state index is -0.569. The van der Waals surface area contributed by atoms with Crippen molar-refractivity contribution in [3.05, 3.63) is 35.9 Å². The number of aromatic nitrogens is 4. The summed E-state index contributed by atoms with van der Waals surface area (Å²) in [6.07, 6.45) is 1.63. The number of nitrogens with one attached hydrogen (secondary N) is 2. The SMILES string of the molecule is CCOC(=O)c1n[nH]nc1-c1ccc(F)c2cc[nH]c12. The average Bonchev–Trinajstić information content (AvgIpc) is 3.08. The molecule has 7 heteroatoms. The number of carbonyl (C=O) groups excluding carboxylic acids is 1. The number of carbonyl (C=O) groups is 1. The molecule has 0 aliphatic heterocycles. The van der Waals surface area contributed by atoms with Crippen LogP contribution in [0.15, 0.2) is 24.4 Å². The highest BCUT2D eigenvalue weighted by Gasteiger charge is 2.21. The van der Waals surface area contributed by atoms with E-state index in [9.17, 15) is 9.18 Å². The number of aromatic amines is 2. The minimum Gasteiger partial charge on any atom is -0.461 e. The molecule has 0 saturated heterocycles. The van der Waals surface area contributed by atoms with Crippen LogP contribution in [0, 0.1) is 5.82 Å². The zero-order chi connectivity index (χ0) is 14.1. The molecular weight excluding hydrogens is 263 g/mol. The van der Waals surface area contributed by atoms with Crippen LogP contribution >= 0.6 is 0 Å². The molecule has 0 spiro atoms. The molecule has 102 valence electrons. The molecule has 0 atom stereocenters. The van der Waals surface area contributed by atoms with Gasteiger partial charge in [0.15, 0.2) is 5.69 Å². The highest BCUT2D eigenvalue weighted by Crippen LogP contribution is 2.29. The van der Waals surface area contributed by atoms with Crippen LogP contribution in [0.4, 0.5) is 4.39 Å². The Morgan fingerprint density at radius 1 is 1.35 bits per heavy atom. The van der Waals surface area contributed by atoms with E-state index in [1.807, 2.05) is 0 Å². The molecule has 0 bridgehead atoms. The summed E-state index contributed by atoms with van der Waals surface area (Å²) in [5.41, 5.74) is 1.55. The maximum atomic E-state index is 13.7. The zero-order valence-electron chi connectivity index (χ0n) is 10.6. The number of halogens is 1. The van der Waals surface area contributed by atoms with E-state index < -0.39 is 5.97 Å². The van der Waals surface area contributed by atoms with E-state index in [4.69, 9.17) is 4.74 Å². The lowest BCUT2D eigenvalue weighted by Crippen LogP contribution is -2.07. The summed E-state index contributed by atoms with van der Waals surface area (Å²) in [6.45, 7) is 1.95. The predicted octanol–water partition coefficient (Wildman–Crippen LogP) is 2.27. The Labute approximate surface area is 113 Å². The number of fused-ring (bicyclic) bond motifs is 1. The first kappa shape index (κ1) is 12.3. The molecule has 20 heavy (non-hydrogen) atoms. The molecule has 0 unspecified atom stereocenters. The van der Waals surface area contributed by atoms with E-state index in [1.165, 1.54) is 6.07 Å². The van der Waals surface area contributed by atoms with E-state index in [-0.39, 0.29) is 18.1 Å². The van der Waals surface area contributed by atoms with Crippen LogP contribution in [-0.2, 0) is 4.74 Å². The number of H-pyrrole nitrogens is 2. The third-order valence-electron chi connectivity index (χ3n) is 2.94. The van der Waals surface area contributed by atoms with Gasteiger partial charge in [0.05, 0.1) is 12.1 Å². The zero-order valence-corrected chi connectivity index (χ0v) is 10.6. The maximum absolute atomic E-state index is 13.7. The van der Waals surface area contributed by atoms with Gasteiger partial charge in [0.2, 0.25) is 0 Å². The molecule has 0 fully saturated rings. The van der Waals surface area contributed by atoms with Gasteiger partial charge in [0.25, 0.3) is 0 Å². The molecule has 0 aliphatic carbocycles. The molecule has 6 nitrogen and oxygen atoms in total. The largest absolute Gasteiger partial charge is 0.461 e. The second kappa shape index (κ2) is 4.76. The van der Waals surface area contributed by atoms with Gasteiger partial charge in [-0.25, -0.2) is 9.18 Å². The van der Waals surface area contributed by atoms with E-state index in [0.717, 1.165) is 0 Å². The van der Waals surface area contributed by atoms with Crippen molar-refractivity contribution in [2.45, 2.75) is 6.92 Å². The number of benzene rings is 1. The van der Waals surface area contributed by atoms with Crippen LogP contribution in [0.3, 0.4) is 0 Å². The van der Waals surface area contributed by atoms with Crippen molar-refractivity contribution in [2.75, 3.05) is 6.61 Å². The quantitative estimate of drug-likeness (QED) is 0.717. The fraction of sp³-hybridized carbons (Fsp3) is 0.154. The Morgan fingerprint density at radius 3 is 3.00 bits per heavy atom. The van der Waals surface area contributed by atoms with Gasteiger partial charge in [-0.05, 0) is 25.1 Å². The summed E-state index contributed by atoms with van der Waals surface area (Å²) in [5, 5.41) is 10.6. The van der Waals surface area contributed by atoms with Crippen molar-refractivity contribution >= 4 is 16.9 Å². The molecule has 2 heterocycles. The van der Waals surface area contributed by atoms with Crippen molar-refractivity contribution in [1.29, 1.82) is 0 Å². The Morgan fingerprint density at radius 2 is 2.20 bits per heavy atom. The van der Waals surface area contributed by atoms with Crippen LogP contribution in [0.5, 0.6) is 0 Å². The normalized spacial score (nSPS) is 10.9. The number of rotatable bonds is 3. The molecule has 0 radical (unpaired) electrons. The number of hydrogen-bond acceptors (Lipinski definition) is 4. The first-order valence-corrected chi connectivity index (χ1v) is 6.06. The summed E-state index contributed by atoms with van der Waals surface area (Å²) in [4.78, 5) is 14.8. The number of esters is 1. The highest BCUT2D eigenvalue weighted by atomic mass is 19.1. The molecule has 1 aromatic carbocycles. The first-order chi connectivity index (χ1) is 9.72. The van der Waals surface area contributed by atoms with Gasteiger partial charge in [-0.2, -0.15) is 10.3 Å². The fourth-order valence-corrected chi connectivity index (χ4v) is 2.08. The maximum Gasteiger partial charge on any atom is 0.361 e. The molecular formula is C13H11FN4O2. The Kier molecular flexibility index (Phi) is 2.94. The summed E-state index contributed by atoms with van der Waals surface area (Å²) in [7, 11) is 0. The van der Waals surface area contributed by atoms with Crippen molar-refractivity contribution in [2.24, 2.45) is 0 Å². The van der Waals surface area contributed by atoms with Crippen LogP contribution < -0.4 is 0 Å². The van der Waals surface area contributed by atoms with Crippen molar-refractivity contribution in [3.8, 4) is 11.3 Å². The lowest BCUT2D eigenvalue weighted by molar-refractivity contribution is 0.0520. The first-order valence-electron chi connectivity index (χ1n) is 6.06. The van der Waals surface area contributed by atoms with E-state index in [1.54, 1.807) is 25.3 Å². The van der Waals surface area contributed by atoms with Gasteiger partial charge in [-0.1, -0.05) is 0 Å². The molecule has 2 aromatic heterocycles. The second-order valence-corrected chi connectivity index (χ2v) is 4.10. The Hall–Kier alpha value is -2.70. The lowest BCUT2D eigenvalue weighted by atomic mass is 10.1. The Balaban J connectivity index is 2.17. The minimum absolute atomic E-state index is 0.0781. The molecule has 2 N–H and O–H groups in total. The van der Waals surface area contributed by atoms with Gasteiger partial charge in [0, 0.05) is 17.1 Å². The smallest absolute Gasteiger partial charge is 0.361 e. The summed E-state index contributed by atoms with van der Waals surface area (Å²) in [6, 6.07) is 4.50. The van der Waals surface area contributed by atoms with Gasteiger partial charge in [-0.3, -0.25) is 0 Å². The predicted molar refractivity (Wildman–Crippen MR) is 69.6 cm³/mol. The average molecular weight is 274 g/mol. The standard InChI is InChI=1S/C13H11FN4O2/c1-2-20-13(19)12-11(16-18-17-12)8-3-4-9(14)7-5-6-15-10(7)8/h3-6,15H,2H2,1H3,(H,16,17,18). The second-order valence-electron chi connectivity index (χ2n) is 4.10. The van der Waals surface area contributed by atoms with E-state index in [2.05, 4.69) is 20.4 Å². The third-order valence-corrected chi connectivity index (χ3v) is 2.94. The molecule has 0 aliphatic rings. The van der Waals surface area contributed by atoms with E-state index in [0.29, 0.717) is 22.2 Å². The van der Waals surface area contributed by atoms with Crippen molar-refractivity contribution in [3.63, 3.8) is 0 Å². The van der Waals surface area contributed by atoms with E-state index >= 15 is 0 Å². The van der Waals surface area contributed by atoms with Gasteiger partial charge in [-0.15, -0.1) is 5.10 Å². The Bertz CT molecular complexity index is 778. The topological polar surface area (TPSA) is 83.7 Å². The molecule has 3 rings (SSSR count). The van der Waals surface area contributed by atoms with Crippen LogP contribution in [0.2, 0.25) is 0 Å². The molecule has 0 amide bonds. The number of hydrogen-bond donors (Lipinski definition) is 2. The summed E-state index contributed by atoms with van der Waals surface area (Å²) >= 11 is 0. The lowest BCUT2D eigenvalue weighted by Gasteiger charge is -2.03. The van der Waals surface area contributed by atoms with Gasteiger partial charge in [0.1, 0.15) is 11.5 Å².